The monoisotopic (exact) mass is 528 g/mol. The third-order valence-electron chi connectivity index (χ3n) is 6.51. The first-order valence-electron chi connectivity index (χ1n) is 13.2. The van der Waals surface area contributed by atoms with Crippen LogP contribution in [0.3, 0.4) is 0 Å². The quantitative estimate of drug-likeness (QED) is 0.199. The summed E-state index contributed by atoms with van der Waals surface area (Å²) in [5.74, 6) is 0.426. The van der Waals surface area contributed by atoms with Gasteiger partial charge in [-0.05, 0) is 101 Å². The van der Waals surface area contributed by atoms with Gasteiger partial charge in [0.05, 0.1) is 17.7 Å². The summed E-state index contributed by atoms with van der Waals surface area (Å²) >= 11 is 0. The first-order chi connectivity index (χ1) is 18.7. The number of carbonyl (C=O) groups excluding carboxylic acids is 2. The zero-order chi connectivity index (χ0) is 28.1. The van der Waals surface area contributed by atoms with Crippen molar-refractivity contribution in [3.63, 3.8) is 0 Å². The van der Waals surface area contributed by atoms with Crippen molar-refractivity contribution in [3.05, 3.63) is 95.1 Å². The van der Waals surface area contributed by atoms with Gasteiger partial charge >= 0.3 is 0 Å². The fourth-order valence-corrected chi connectivity index (χ4v) is 4.73. The van der Waals surface area contributed by atoms with E-state index in [9.17, 15) is 14.7 Å². The van der Waals surface area contributed by atoms with E-state index in [0.29, 0.717) is 41.3 Å². The fraction of sp³-hybridized carbons (Fsp3) is 0.312. The molecule has 204 valence electrons. The van der Waals surface area contributed by atoms with Gasteiger partial charge in [0.1, 0.15) is 23.0 Å². The molecule has 1 atom stereocenters. The molecule has 1 amide bonds. The van der Waals surface area contributed by atoms with E-state index in [0.717, 1.165) is 12.1 Å². The minimum atomic E-state index is -0.751. The van der Waals surface area contributed by atoms with Crippen molar-refractivity contribution < 1.29 is 24.2 Å². The summed E-state index contributed by atoms with van der Waals surface area (Å²) in [6.45, 7) is 6.90. The molecule has 0 aromatic heterocycles. The average Bonchev–Trinajstić information content (AvgIpc) is 3.15. The molecular formula is C32H36N2O5. The number of para-hydroxylation sites is 1. The van der Waals surface area contributed by atoms with Gasteiger partial charge in [-0.15, -0.1) is 0 Å². The summed E-state index contributed by atoms with van der Waals surface area (Å²) in [7, 11) is 3.93. The highest BCUT2D eigenvalue weighted by atomic mass is 16.5. The number of ketones is 1. The Morgan fingerprint density at radius 1 is 0.974 bits per heavy atom. The van der Waals surface area contributed by atoms with Gasteiger partial charge in [-0.1, -0.05) is 30.3 Å². The number of ether oxygens (including phenoxy) is 2. The zero-order valence-electron chi connectivity index (χ0n) is 23.2. The Labute approximate surface area is 230 Å². The van der Waals surface area contributed by atoms with Gasteiger partial charge in [-0.3, -0.25) is 9.59 Å². The number of amides is 1. The van der Waals surface area contributed by atoms with Crippen molar-refractivity contribution in [1.82, 2.24) is 9.80 Å². The Morgan fingerprint density at radius 3 is 2.36 bits per heavy atom. The molecule has 7 heteroatoms. The van der Waals surface area contributed by atoms with Crippen LogP contribution in [0.25, 0.3) is 5.76 Å². The van der Waals surface area contributed by atoms with Crippen LogP contribution < -0.4 is 9.47 Å². The van der Waals surface area contributed by atoms with Crippen LogP contribution in [0, 0.1) is 6.92 Å². The predicted molar refractivity (Wildman–Crippen MR) is 152 cm³/mol. The number of hydrogen-bond donors (Lipinski definition) is 1. The van der Waals surface area contributed by atoms with Gasteiger partial charge in [-0.25, -0.2) is 0 Å². The van der Waals surface area contributed by atoms with E-state index < -0.39 is 17.7 Å². The zero-order valence-corrected chi connectivity index (χ0v) is 23.2. The third-order valence-corrected chi connectivity index (χ3v) is 6.51. The second-order valence-corrected chi connectivity index (χ2v) is 10.3. The van der Waals surface area contributed by atoms with E-state index in [1.807, 2.05) is 94.4 Å². The topological polar surface area (TPSA) is 79.3 Å². The Morgan fingerprint density at radius 2 is 1.69 bits per heavy atom. The lowest BCUT2D eigenvalue weighted by molar-refractivity contribution is -0.139. The molecule has 1 saturated heterocycles. The molecule has 0 saturated carbocycles. The normalized spacial score (nSPS) is 16.8. The molecule has 0 spiro atoms. The fourth-order valence-electron chi connectivity index (χ4n) is 4.73. The Bertz CT molecular complexity index is 1360. The van der Waals surface area contributed by atoms with Crippen LogP contribution in [0.15, 0.2) is 78.4 Å². The molecule has 0 radical (unpaired) electrons. The number of carbonyl (C=O) groups is 2. The third kappa shape index (κ3) is 6.49. The Kier molecular flexibility index (Phi) is 8.72. The van der Waals surface area contributed by atoms with E-state index >= 15 is 0 Å². The van der Waals surface area contributed by atoms with Crippen molar-refractivity contribution >= 4 is 17.4 Å². The number of Topliss-reactive ketones (excluding diaryl/α,β-unsaturated/α-hetero) is 1. The average molecular weight is 529 g/mol. The van der Waals surface area contributed by atoms with Crippen LogP contribution in [-0.4, -0.2) is 59.9 Å². The second kappa shape index (κ2) is 12.2. The van der Waals surface area contributed by atoms with E-state index in [-0.39, 0.29) is 17.4 Å². The minimum Gasteiger partial charge on any atom is -0.507 e. The molecule has 1 aliphatic heterocycles. The van der Waals surface area contributed by atoms with Crippen LogP contribution in [0.1, 0.15) is 43.0 Å². The van der Waals surface area contributed by atoms with E-state index in [4.69, 9.17) is 9.47 Å². The number of aliphatic hydroxyl groups is 1. The van der Waals surface area contributed by atoms with Crippen LogP contribution in [0.5, 0.6) is 17.2 Å². The summed E-state index contributed by atoms with van der Waals surface area (Å²) in [6.07, 6.45) is 0.679. The van der Waals surface area contributed by atoms with Gasteiger partial charge in [0.15, 0.2) is 0 Å². The molecule has 1 fully saturated rings. The Balaban J connectivity index is 1.77. The molecule has 0 aliphatic carbocycles. The standard InChI is InChI=1S/C32H36N2O5/c1-21(2)38-27-16-15-24(19-22(27)3)30(35)28-29(34(32(37)31(28)36)18-10-17-33(4)5)23-11-9-14-26(20-23)39-25-12-7-6-8-13-25/h6-9,11-16,19-21,29,35H,10,17-18H2,1-5H3/b30-28+. The van der Waals surface area contributed by atoms with Crippen molar-refractivity contribution in [1.29, 1.82) is 0 Å². The molecule has 39 heavy (non-hydrogen) atoms. The van der Waals surface area contributed by atoms with Gasteiger partial charge in [0.2, 0.25) is 0 Å². The molecule has 1 N–H and O–H groups in total. The number of hydrogen-bond acceptors (Lipinski definition) is 6. The first kappa shape index (κ1) is 27.9. The van der Waals surface area contributed by atoms with E-state index in [1.165, 1.54) is 0 Å². The highest BCUT2D eigenvalue weighted by Crippen LogP contribution is 2.41. The molecule has 1 aliphatic rings. The largest absolute Gasteiger partial charge is 0.507 e. The maximum atomic E-state index is 13.4. The summed E-state index contributed by atoms with van der Waals surface area (Å²) in [4.78, 5) is 30.3. The lowest BCUT2D eigenvalue weighted by atomic mass is 9.94. The van der Waals surface area contributed by atoms with Crippen molar-refractivity contribution in [2.45, 2.75) is 39.3 Å². The lowest BCUT2D eigenvalue weighted by Gasteiger charge is -2.26. The number of benzene rings is 3. The maximum absolute atomic E-state index is 13.4. The summed E-state index contributed by atoms with van der Waals surface area (Å²) in [5.41, 5.74) is 2.03. The van der Waals surface area contributed by atoms with Gasteiger partial charge in [-0.2, -0.15) is 0 Å². The number of aryl methyl sites for hydroxylation is 1. The molecule has 1 heterocycles. The van der Waals surface area contributed by atoms with Gasteiger partial charge < -0.3 is 24.4 Å². The van der Waals surface area contributed by atoms with Crippen molar-refractivity contribution in [2.75, 3.05) is 27.2 Å². The van der Waals surface area contributed by atoms with Crippen molar-refractivity contribution in [2.24, 2.45) is 0 Å². The van der Waals surface area contributed by atoms with Crippen LogP contribution in [0.2, 0.25) is 0 Å². The summed E-state index contributed by atoms with van der Waals surface area (Å²) < 4.78 is 11.9. The number of nitrogens with zero attached hydrogens (tertiary/aromatic N) is 2. The SMILES string of the molecule is Cc1cc(/C(O)=C2\C(=O)C(=O)N(CCCN(C)C)C2c2cccc(Oc3ccccc3)c2)ccc1OC(C)C. The highest BCUT2D eigenvalue weighted by Gasteiger charge is 2.46. The summed E-state index contributed by atoms with van der Waals surface area (Å²) in [6, 6.07) is 21.2. The summed E-state index contributed by atoms with van der Waals surface area (Å²) in [5, 5.41) is 11.5. The molecule has 3 aromatic rings. The first-order valence-corrected chi connectivity index (χ1v) is 13.2. The Hall–Kier alpha value is -4.10. The molecular weight excluding hydrogens is 492 g/mol. The van der Waals surface area contributed by atoms with E-state index in [1.54, 1.807) is 23.1 Å². The molecule has 1 unspecified atom stereocenters. The predicted octanol–water partition coefficient (Wildman–Crippen LogP) is 5.95. The lowest BCUT2D eigenvalue weighted by Crippen LogP contribution is -2.32. The number of aliphatic hydroxyl groups excluding tert-OH is 1. The maximum Gasteiger partial charge on any atom is 0.295 e. The van der Waals surface area contributed by atoms with Crippen LogP contribution >= 0.6 is 0 Å². The molecule has 0 bridgehead atoms. The minimum absolute atomic E-state index is 0.000943. The molecule has 3 aromatic carbocycles. The smallest absolute Gasteiger partial charge is 0.295 e. The molecule has 4 rings (SSSR count). The second-order valence-electron chi connectivity index (χ2n) is 10.3. The van der Waals surface area contributed by atoms with Crippen molar-refractivity contribution in [3.8, 4) is 17.2 Å². The van der Waals surface area contributed by atoms with Crippen LogP contribution in [0.4, 0.5) is 0 Å². The highest BCUT2D eigenvalue weighted by molar-refractivity contribution is 6.46. The van der Waals surface area contributed by atoms with E-state index in [2.05, 4.69) is 0 Å². The molecule has 7 nitrogen and oxygen atoms in total. The van der Waals surface area contributed by atoms with Gasteiger partial charge in [0, 0.05) is 12.1 Å². The number of likely N-dealkylation sites (tertiary alicyclic amines) is 1. The van der Waals surface area contributed by atoms with Gasteiger partial charge in [0.25, 0.3) is 11.7 Å². The van der Waals surface area contributed by atoms with Crippen LogP contribution in [-0.2, 0) is 9.59 Å². The number of rotatable bonds is 10.